The van der Waals surface area contributed by atoms with E-state index in [1.807, 2.05) is 0 Å². The summed E-state index contributed by atoms with van der Waals surface area (Å²) in [5, 5.41) is 4.25. The third-order valence-electron chi connectivity index (χ3n) is 3.62. The molecule has 0 radical (unpaired) electrons. The zero-order valence-corrected chi connectivity index (χ0v) is 10.3. The first kappa shape index (κ1) is 11.4. The maximum atomic E-state index is 11.6. The molecular formula is C12H15N3O3. The Labute approximate surface area is 104 Å². The lowest BCUT2D eigenvalue weighted by Gasteiger charge is -2.30. The van der Waals surface area contributed by atoms with Crippen molar-refractivity contribution in [1.82, 2.24) is 14.7 Å². The van der Waals surface area contributed by atoms with Crippen molar-refractivity contribution in [3.05, 3.63) is 27.7 Å². The molecule has 2 aliphatic rings. The van der Waals surface area contributed by atoms with Gasteiger partial charge in [0.1, 0.15) is 6.04 Å². The minimum atomic E-state index is -0.151. The van der Waals surface area contributed by atoms with Crippen molar-refractivity contribution in [2.24, 2.45) is 7.05 Å². The SMILES string of the molecule is Cn1nc2c(cc1=O)CN([C@H]1CCOC1=O)CC2. The van der Waals surface area contributed by atoms with E-state index in [0.717, 1.165) is 30.6 Å². The Morgan fingerprint density at radius 1 is 1.44 bits per heavy atom. The summed E-state index contributed by atoms with van der Waals surface area (Å²) in [6.45, 7) is 1.90. The maximum absolute atomic E-state index is 11.6. The molecule has 0 unspecified atom stereocenters. The molecule has 0 aliphatic carbocycles. The number of nitrogens with zero attached hydrogens (tertiary/aromatic N) is 3. The molecule has 96 valence electrons. The second-order valence-electron chi connectivity index (χ2n) is 4.77. The van der Waals surface area contributed by atoms with E-state index in [0.29, 0.717) is 13.2 Å². The molecule has 0 saturated carbocycles. The number of rotatable bonds is 1. The van der Waals surface area contributed by atoms with Gasteiger partial charge in [0, 0.05) is 39.0 Å². The number of cyclic esters (lactones) is 1. The van der Waals surface area contributed by atoms with Gasteiger partial charge in [-0.2, -0.15) is 5.10 Å². The van der Waals surface area contributed by atoms with Crippen LogP contribution in [-0.2, 0) is 29.5 Å². The fourth-order valence-corrected chi connectivity index (χ4v) is 2.60. The number of hydrogen-bond acceptors (Lipinski definition) is 5. The van der Waals surface area contributed by atoms with Crippen LogP contribution in [0.5, 0.6) is 0 Å². The molecule has 0 N–H and O–H groups in total. The van der Waals surface area contributed by atoms with Gasteiger partial charge in [-0.1, -0.05) is 0 Å². The number of aryl methyl sites for hydroxylation is 1. The summed E-state index contributed by atoms with van der Waals surface area (Å²) in [7, 11) is 1.66. The van der Waals surface area contributed by atoms with Gasteiger partial charge in [0.15, 0.2) is 0 Å². The number of ether oxygens (including phenoxy) is 1. The molecule has 1 atom stereocenters. The quantitative estimate of drug-likeness (QED) is 0.625. The molecule has 0 spiro atoms. The predicted molar refractivity (Wildman–Crippen MR) is 63.0 cm³/mol. The number of aromatic nitrogens is 2. The van der Waals surface area contributed by atoms with Gasteiger partial charge in [0.25, 0.3) is 5.56 Å². The number of hydrogen-bond donors (Lipinski definition) is 0. The molecule has 2 aliphatic heterocycles. The molecular weight excluding hydrogens is 234 g/mol. The fraction of sp³-hybridized carbons (Fsp3) is 0.583. The summed E-state index contributed by atoms with van der Waals surface area (Å²) in [6, 6.07) is 1.47. The fourth-order valence-electron chi connectivity index (χ4n) is 2.60. The van der Waals surface area contributed by atoms with Crippen molar-refractivity contribution >= 4 is 5.97 Å². The molecule has 6 heteroatoms. The average Bonchev–Trinajstić information content (AvgIpc) is 2.76. The van der Waals surface area contributed by atoms with Crippen molar-refractivity contribution in [3.63, 3.8) is 0 Å². The molecule has 1 saturated heterocycles. The van der Waals surface area contributed by atoms with Gasteiger partial charge >= 0.3 is 5.97 Å². The molecule has 0 amide bonds. The summed E-state index contributed by atoms with van der Waals surface area (Å²) in [5.41, 5.74) is 1.79. The highest BCUT2D eigenvalue weighted by Gasteiger charge is 2.34. The largest absolute Gasteiger partial charge is 0.464 e. The lowest BCUT2D eigenvalue weighted by atomic mass is 10.0. The van der Waals surface area contributed by atoms with Crippen LogP contribution in [0.25, 0.3) is 0 Å². The van der Waals surface area contributed by atoms with Crippen LogP contribution in [0.3, 0.4) is 0 Å². The molecule has 0 bridgehead atoms. The first-order valence-electron chi connectivity index (χ1n) is 6.12. The molecule has 1 fully saturated rings. The van der Waals surface area contributed by atoms with Crippen molar-refractivity contribution in [2.45, 2.75) is 25.4 Å². The number of esters is 1. The summed E-state index contributed by atoms with van der Waals surface area (Å²) in [5.74, 6) is -0.143. The van der Waals surface area contributed by atoms with Gasteiger partial charge in [-0.3, -0.25) is 14.5 Å². The van der Waals surface area contributed by atoms with Gasteiger partial charge < -0.3 is 4.74 Å². The van der Waals surface area contributed by atoms with E-state index in [2.05, 4.69) is 10.00 Å². The minimum Gasteiger partial charge on any atom is -0.464 e. The van der Waals surface area contributed by atoms with Gasteiger partial charge in [-0.05, 0) is 5.56 Å². The van der Waals surface area contributed by atoms with Crippen LogP contribution in [-0.4, -0.2) is 39.8 Å². The topological polar surface area (TPSA) is 64.4 Å². The van der Waals surface area contributed by atoms with Crippen molar-refractivity contribution in [2.75, 3.05) is 13.2 Å². The van der Waals surface area contributed by atoms with Gasteiger partial charge in [-0.25, -0.2) is 4.68 Å². The van der Waals surface area contributed by atoms with E-state index in [1.54, 1.807) is 13.1 Å². The van der Waals surface area contributed by atoms with Crippen LogP contribution < -0.4 is 5.56 Å². The standard InChI is InChI=1S/C12H15N3O3/c1-14-11(16)6-8-7-15(4-2-9(8)13-14)10-3-5-18-12(10)17/h6,10H,2-5,7H2,1H3/t10-/m0/s1. The summed E-state index contributed by atoms with van der Waals surface area (Å²) in [4.78, 5) is 25.2. The number of carbonyl (C=O) groups excluding carboxylic acids is 1. The third-order valence-corrected chi connectivity index (χ3v) is 3.62. The Hall–Kier alpha value is -1.69. The van der Waals surface area contributed by atoms with Gasteiger partial charge in [0.05, 0.1) is 12.3 Å². The van der Waals surface area contributed by atoms with E-state index < -0.39 is 0 Å². The van der Waals surface area contributed by atoms with Crippen molar-refractivity contribution < 1.29 is 9.53 Å². The summed E-state index contributed by atoms with van der Waals surface area (Å²) < 4.78 is 6.35. The number of fused-ring (bicyclic) bond motifs is 1. The highest BCUT2D eigenvalue weighted by atomic mass is 16.5. The normalized spacial score (nSPS) is 23.8. The Bertz CT molecular complexity index is 552. The Morgan fingerprint density at radius 3 is 3.00 bits per heavy atom. The molecule has 6 nitrogen and oxygen atoms in total. The Morgan fingerprint density at radius 2 is 2.28 bits per heavy atom. The van der Waals surface area contributed by atoms with Crippen LogP contribution >= 0.6 is 0 Å². The maximum Gasteiger partial charge on any atom is 0.323 e. The Kier molecular flexibility index (Phi) is 2.66. The molecule has 3 rings (SSSR count). The van der Waals surface area contributed by atoms with Gasteiger partial charge in [-0.15, -0.1) is 0 Å². The van der Waals surface area contributed by atoms with Crippen LogP contribution in [0, 0.1) is 0 Å². The average molecular weight is 249 g/mol. The van der Waals surface area contributed by atoms with Crippen LogP contribution in [0.2, 0.25) is 0 Å². The lowest BCUT2D eigenvalue weighted by molar-refractivity contribution is -0.142. The molecule has 18 heavy (non-hydrogen) atoms. The number of carbonyl (C=O) groups is 1. The summed E-state index contributed by atoms with van der Waals surface area (Å²) in [6.07, 6.45) is 1.51. The first-order valence-corrected chi connectivity index (χ1v) is 6.12. The zero-order valence-electron chi connectivity index (χ0n) is 10.3. The van der Waals surface area contributed by atoms with Crippen LogP contribution in [0.15, 0.2) is 10.9 Å². The Balaban J connectivity index is 1.86. The monoisotopic (exact) mass is 249 g/mol. The van der Waals surface area contributed by atoms with E-state index >= 15 is 0 Å². The highest BCUT2D eigenvalue weighted by Crippen LogP contribution is 2.22. The summed E-state index contributed by atoms with van der Waals surface area (Å²) >= 11 is 0. The first-order chi connectivity index (χ1) is 8.65. The highest BCUT2D eigenvalue weighted by molar-refractivity contribution is 5.77. The van der Waals surface area contributed by atoms with E-state index in [9.17, 15) is 9.59 Å². The molecule has 1 aromatic rings. The zero-order chi connectivity index (χ0) is 12.7. The van der Waals surface area contributed by atoms with E-state index in [-0.39, 0.29) is 17.6 Å². The van der Waals surface area contributed by atoms with Crippen LogP contribution in [0.4, 0.5) is 0 Å². The molecule has 3 heterocycles. The smallest absolute Gasteiger partial charge is 0.323 e. The van der Waals surface area contributed by atoms with E-state index in [4.69, 9.17) is 4.74 Å². The third kappa shape index (κ3) is 1.82. The van der Waals surface area contributed by atoms with Gasteiger partial charge in [0.2, 0.25) is 0 Å². The second-order valence-corrected chi connectivity index (χ2v) is 4.77. The molecule has 0 aromatic carbocycles. The predicted octanol–water partition coefficient (Wildman–Crippen LogP) is -0.546. The minimum absolute atomic E-state index is 0.107. The molecule has 1 aromatic heterocycles. The van der Waals surface area contributed by atoms with Crippen molar-refractivity contribution in [1.29, 1.82) is 0 Å². The lowest BCUT2D eigenvalue weighted by Crippen LogP contribution is -2.43. The second kappa shape index (κ2) is 4.20. The van der Waals surface area contributed by atoms with E-state index in [1.165, 1.54) is 4.68 Å². The van der Waals surface area contributed by atoms with Crippen LogP contribution in [0.1, 0.15) is 17.7 Å². The van der Waals surface area contributed by atoms with Crippen molar-refractivity contribution in [3.8, 4) is 0 Å².